The molecule has 0 aliphatic heterocycles. The van der Waals surface area contributed by atoms with Gasteiger partial charge in [-0.25, -0.2) is 4.79 Å². The molecule has 0 bridgehead atoms. The van der Waals surface area contributed by atoms with Gasteiger partial charge in [-0.05, 0) is 13.3 Å². The molecule has 0 fully saturated rings. The van der Waals surface area contributed by atoms with Gasteiger partial charge < -0.3 is 14.2 Å². The lowest BCUT2D eigenvalue weighted by Gasteiger charge is -2.11. The molecule has 0 aromatic heterocycles. The van der Waals surface area contributed by atoms with Crippen molar-refractivity contribution in [3.8, 4) is 0 Å². The Kier molecular flexibility index (Phi) is 6.47. The molecule has 4 heteroatoms. The summed E-state index contributed by atoms with van der Waals surface area (Å²) in [6, 6.07) is 0. The fraction of sp³-hybridized carbons (Fsp3) is 0.875. The molecule has 1 atom stereocenters. The molecule has 0 rings (SSSR count). The van der Waals surface area contributed by atoms with E-state index in [1.807, 2.05) is 6.92 Å². The minimum atomic E-state index is -0.664. The van der Waals surface area contributed by atoms with Crippen molar-refractivity contribution in [2.24, 2.45) is 0 Å². The molecule has 72 valence electrons. The molecule has 0 saturated heterocycles. The van der Waals surface area contributed by atoms with Crippen molar-refractivity contribution in [2.75, 3.05) is 20.3 Å². The Balaban J connectivity index is 3.32. The Labute approximate surface area is 72.8 Å². The van der Waals surface area contributed by atoms with E-state index in [0.29, 0.717) is 13.2 Å². The second kappa shape index (κ2) is 6.91. The van der Waals surface area contributed by atoms with E-state index in [1.165, 1.54) is 7.11 Å². The zero-order chi connectivity index (χ0) is 9.40. The van der Waals surface area contributed by atoms with Crippen molar-refractivity contribution in [3.05, 3.63) is 0 Å². The average Bonchev–Trinajstić information content (AvgIpc) is 2.05. The number of carbonyl (C=O) groups excluding carboxylic acids is 1. The zero-order valence-corrected chi connectivity index (χ0v) is 7.83. The first kappa shape index (κ1) is 11.2. The standard InChI is InChI=1S/C8H16O4/c1-4-5-11-6-7(2)12-8(9)10-3/h7H,4-6H2,1-3H3. The fourth-order valence-electron chi connectivity index (χ4n) is 0.640. The smallest absolute Gasteiger partial charge is 0.438 e. The third kappa shape index (κ3) is 5.97. The quantitative estimate of drug-likeness (QED) is 0.471. The average molecular weight is 176 g/mol. The van der Waals surface area contributed by atoms with Gasteiger partial charge in [-0.1, -0.05) is 6.92 Å². The first-order chi connectivity index (χ1) is 5.70. The Hall–Kier alpha value is -0.770. The molecule has 0 aliphatic carbocycles. The van der Waals surface area contributed by atoms with Crippen molar-refractivity contribution in [1.82, 2.24) is 0 Å². The van der Waals surface area contributed by atoms with Crippen LogP contribution in [0.5, 0.6) is 0 Å². The van der Waals surface area contributed by atoms with Crippen molar-refractivity contribution < 1.29 is 19.0 Å². The van der Waals surface area contributed by atoms with E-state index in [0.717, 1.165) is 6.42 Å². The van der Waals surface area contributed by atoms with E-state index in [1.54, 1.807) is 6.92 Å². The highest BCUT2D eigenvalue weighted by Crippen LogP contribution is 1.94. The molecule has 4 nitrogen and oxygen atoms in total. The van der Waals surface area contributed by atoms with Gasteiger partial charge in [0.2, 0.25) is 0 Å². The van der Waals surface area contributed by atoms with Crippen molar-refractivity contribution in [2.45, 2.75) is 26.4 Å². The van der Waals surface area contributed by atoms with Crippen molar-refractivity contribution in [3.63, 3.8) is 0 Å². The summed E-state index contributed by atoms with van der Waals surface area (Å²) < 4.78 is 14.2. The minimum absolute atomic E-state index is 0.246. The predicted octanol–water partition coefficient (Wildman–Crippen LogP) is 1.58. The molecule has 0 aromatic carbocycles. The first-order valence-electron chi connectivity index (χ1n) is 4.03. The number of hydrogen-bond acceptors (Lipinski definition) is 4. The van der Waals surface area contributed by atoms with Crippen LogP contribution in [-0.4, -0.2) is 32.6 Å². The lowest BCUT2D eigenvalue weighted by molar-refractivity contribution is -0.00125. The summed E-state index contributed by atoms with van der Waals surface area (Å²) in [4.78, 5) is 10.6. The number of methoxy groups -OCH3 is 1. The highest BCUT2D eigenvalue weighted by Gasteiger charge is 2.08. The highest BCUT2D eigenvalue weighted by molar-refractivity contribution is 5.59. The molecule has 0 heterocycles. The summed E-state index contributed by atoms with van der Waals surface area (Å²) in [5.74, 6) is 0. The van der Waals surface area contributed by atoms with E-state index in [2.05, 4.69) is 4.74 Å². The lowest BCUT2D eigenvalue weighted by Crippen LogP contribution is -2.20. The second-order valence-electron chi connectivity index (χ2n) is 2.46. The van der Waals surface area contributed by atoms with Gasteiger partial charge in [0.05, 0.1) is 13.7 Å². The van der Waals surface area contributed by atoms with Crippen LogP contribution in [0, 0.1) is 0 Å². The van der Waals surface area contributed by atoms with Gasteiger partial charge >= 0.3 is 6.16 Å². The Morgan fingerprint density at radius 3 is 2.67 bits per heavy atom. The predicted molar refractivity (Wildman–Crippen MR) is 44.1 cm³/mol. The van der Waals surface area contributed by atoms with Gasteiger partial charge in [-0.2, -0.15) is 0 Å². The summed E-state index contributed by atoms with van der Waals surface area (Å²) in [6.45, 7) is 4.89. The molecule has 0 spiro atoms. The van der Waals surface area contributed by atoms with E-state index >= 15 is 0 Å². The van der Waals surface area contributed by atoms with Crippen LogP contribution < -0.4 is 0 Å². The molecule has 0 aromatic rings. The van der Waals surface area contributed by atoms with Crippen LogP contribution in [0.15, 0.2) is 0 Å². The summed E-state index contributed by atoms with van der Waals surface area (Å²) in [5, 5.41) is 0. The Bertz CT molecular complexity index is 124. The summed E-state index contributed by atoms with van der Waals surface area (Å²) in [6.07, 6.45) is 0.0527. The van der Waals surface area contributed by atoms with Gasteiger partial charge in [-0.15, -0.1) is 0 Å². The van der Waals surface area contributed by atoms with E-state index in [-0.39, 0.29) is 6.10 Å². The zero-order valence-electron chi connectivity index (χ0n) is 7.83. The van der Waals surface area contributed by atoms with E-state index in [4.69, 9.17) is 9.47 Å². The summed E-state index contributed by atoms with van der Waals surface area (Å²) in [7, 11) is 1.28. The SMILES string of the molecule is CCCOCC(C)OC(=O)OC. The van der Waals surface area contributed by atoms with Gasteiger partial charge in [0.15, 0.2) is 0 Å². The number of hydrogen-bond donors (Lipinski definition) is 0. The molecule has 0 aliphatic rings. The fourth-order valence-corrected chi connectivity index (χ4v) is 0.640. The molecule has 1 unspecified atom stereocenters. The van der Waals surface area contributed by atoms with Crippen LogP contribution in [0.2, 0.25) is 0 Å². The molecule has 0 N–H and O–H groups in total. The van der Waals surface area contributed by atoms with Gasteiger partial charge in [0.25, 0.3) is 0 Å². The van der Waals surface area contributed by atoms with Crippen molar-refractivity contribution in [1.29, 1.82) is 0 Å². The normalized spacial score (nSPS) is 12.2. The first-order valence-corrected chi connectivity index (χ1v) is 4.03. The van der Waals surface area contributed by atoms with E-state index < -0.39 is 6.16 Å². The van der Waals surface area contributed by atoms with E-state index in [9.17, 15) is 4.79 Å². The van der Waals surface area contributed by atoms with Gasteiger partial charge in [-0.3, -0.25) is 0 Å². The van der Waals surface area contributed by atoms with Crippen LogP contribution in [0.3, 0.4) is 0 Å². The van der Waals surface area contributed by atoms with Crippen molar-refractivity contribution >= 4 is 6.16 Å². The Morgan fingerprint density at radius 2 is 2.17 bits per heavy atom. The Morgan fingerprint density at radius 1 is 1.50 bits per heavy atom. The largest absolute Gasteiger partial charge is 0.508 e. The molecular formula is C8H16O4. The molecule has 0 amide bonds. The van der Waals surface area contributed by atoms with Gasteiger partial charge in [0, 0.05) is 6.61 Å². The number of ether oxygens (including phenoxy) is 3. The third-order valence-corrected chi connectivity index (χ3v) is 1.17. The number of carbonyl (C=O) groups is 1. The van der Waals surface area contributed by atoms with Crippen LogP contribution >= 0.6 is 0 Å². The topological polar surface area (TPSA) is 44.8 Å². The maximum atomic E-state index is 10.6. The molecular weight excluding hydrogens is 160 g/mol. The molecule has 0 saturated carbocycles. The monoisotopic (exact) mass is 176 g/mol. The maximum Gasteiger partial charge on any atom is 0.508 e. The van der Waals surface area contributed by atoms with Crippen LogP contribution in [0.1, 0.15) is 20.3 Å². The van der Waals surface area contributed by atoms with Crippen LogP contribution in [0.25, 0.3) is 0 Å². The summed E-state index contributed by atoms with van der Waals surface area (Å²) in [5.41, 5.74) is 0. The van der Waals surface area contributed by atoms with Crippen LogP contribution in [0.4, 0.5) is 4.79 Å². The lowest BCUT2D eigenvalue weighted by atomic mass is 10.4. The summed E-state index contributed by atoms with van der Waals surface area (Å²) >= 11 is 0. The van der Waals surface area contributed by atoms with Crippen LogP contribution in [-0.2, 0) is 14.2 Å². The third-order valence-electron chi connectivity index (χ3n) is 1.17. The maximum absolute atomic E-state index is 10.6. The molecule has 12 heavy (non-hydrogen) atoms. The minimum Gasteiger partial charge on any atom is -0.438 e. The highest BCUT2D eigenvalue weighted by atomic mass is 16.7. The number of rotatable bonds is 5. The second-order valence-corrected chi connectivity index (χ2v) is 2.46. The van der Waals surface area contributed by atoms with Gasteiger partial charge in [0.1, 0.15) is 6.10 Å². The molecule has 0 radical (unpaired) electrons.